The molecule has 0 bridgehead atoms. The number of hydrogen-bond donors (Lipinski definition) is 2. The Kier molecular flexibility index (Phi) is 6.32. The largest absolute Gasteiger partial charge is 0.325 e. The van der Waals surface area contributed by atoms with E-state index in [0.29, 0.717) is 23.5 Å². The zero-order valence-corrected chi connectivity index (χ0v) is 12.8. The Bertz CT molecular complexity index is 432. The molecular weight excluding hydrogens is 260 g/mol. The van der Waals surface area contributed by atoms with Crippen molar-refractivity contribution in [3.05, 3.63) is 28.8 Å². The number of benzene rings is 1. The maximum Gasteiger partial charge on any atom is 0.238 e. The van der Waals surface area contributed by atoms with Crippen LogP contribution in [0, 0.1) is 12.8 Å². The van der Waals surface area contributed by atoms with Crippen LogP contribution in [0.2, 0.25) is 5.02 Å². The van der Waals surface area contributed by atoms with Crippen LogP contribution in [0.3, 0.4) is 0 Å². The molecule has 106 valence electrons. The predicted octanol–water partition coefficient (Wildman–Crippen LogP) is 3.61. The summed E-state index contributed by atoms with van der Waals surface area (Å²) in [5.74, 6) is 0.585. The van der Waals surface area contributed by atoms with E-state index in [1.54, 1.807) is 6.07 Å². The lowest BCUT2D eigenvalue weighted by Gasteiger charge is -2.16. The molecule has 1 aromatic rings. The van der Waals surface area contributed by atoms with E-state index in [1.807, 2.05) is 19.1 Å². The highest BCUT2D eigenvalue weighted by Crippen LogP contribution is 2.19. The van der Waals surface area contributed by atoms with Gasteiger partial charge in [0.25, 0.3) is 0 Å². The van der Waals surface area contributed by atoms with E-state index >= 15 is 0 Å². The highest BCUT2D eigenvalue weighted by Gasteiger charge is 2.08. The summed E-state index contributed by atoms with van der Waals surface area (Å²) in [4.78, 5) is 11.8. The Morgan fingerprint density at radius 2 is 2.00 bits per heavy atom. The van der Waals surface area contributed by atoms with Crippen molar-refractivity contribution in [2.75, 3.05) is 11.9 Å². The van der Waals surface area contributed by atoms with Crippen LogP contribution < -0.4 is 10.6 Å². The van der Waals surface area contributed by atoms with E-state index in [0.717, 1.165) is 17.7 Å². The summed E-state index contributed by atoms with van der Waals surface area (Å²) < 4.78 is 0. The maximum atomic E-state index is 11.8. The fraction of sp³-hybridized carbons (Fsp3) is 0.533. The molecule has 0 spiro atoms. The number of amides is 1. The fourth-order valence-electron chi connectivity index (χ4n) is 1.98. The molecule has 0 aliphatic heterocycles. The fourth-order valence-corrected chi connectivity index (χ4v) is 2.15. The first kappa shape index (κ1) is 16.0. The molecule has 4 heteroatoms. The van der Waals surface area contributed by atoms with Gasteiger partial charge in [0.15, 0.2) is 0 Å². The zero-order valence-electron chi connectivity index (χ0n) is 12.1. The Balaban J connectivity index is 2.45. The smallest absolute Gasteiger partial charge is 0.238 e. The van der Waals surface area contributed by atoms with Crippen LogP contribution >= 0.6 is 11.6 Å². The second-order valence-corrected chi connectivity index (χ2v) is 5.86. The van der Waals surface area contributed by atoms with Gasteiger partial charge in [-0.2, -0.15) is 0 Å². The van der Waals surface area contributed by atoms with Crippen molar-refractivity contribution in [2.24, 2.45) is 5.92 Å². The molecule has 1 amide bonds. The molecule has 0 fully saturated rings. The van der Waals surface area contributed by atoms with Crippen LogP contribution in [0.15, 0.2) is 18.2 Å². The topological polar surface area (TPSA) is 41.1 Å². The van der Waals surface area contributed by atoms with E-state index < -0.39 is 0 Å². The monoisotopic (exact) mass is 282 g/mol. The predicted molar refractivity (Wildman–Crippen MR) is 81.7 cm³/mol. The van der Waals surface area contributed by atoms with Crippen molar-refractivity contribution < 1.29 is 4.79 Å². The lowest BCUT2D eigenvalue weighted by Crippen LogP contribution is -2.35. The summed E-state index contributed by atoms with van der Waals surface area (Å²) in [6.07, 6.45) is 1.06. The number of rotatable bonds is 6. The summed E-state index contributed by atoms with van der Waals surface area (Å²) in [7, 11) is 0. The second kappa shape index (κ2) is 7.51. The SMILES string of the molecule is Cc1ccc(Cl)cc1NC(=O)CNC(C)CC(C)C. The first-order chi connectivity index (χ1) is 8.88. The molecule has 2 N–H and O–H groups in total. The van der Waals surface area contributed by atoms with Crippen molar-refractivity contribution in [3.63, 3.8) is 0 Å². The summed E-state index contributed by atoms with van der Waals surface area (Å²) in [6, 6.07) is 5.82. The molecule has 0 aliphatic rings. The summed E-state index contributed by atoms with van der Waals surface area (Å²) in [5, 5.41) is 6.72. The summed E-state index contributed by atoms with van der Waals surface area (Å²) in [5.41, 5.74) is 1.78. The number of aryl methyl sites for hydroxylation is 1. The van der Waals surface area contributed by atoms with Gasteiger partial charge in [-0.3, -0.25) is 4.79 Å². The number of nitrogens with one attached hydrogen (secondary N) is 2. The molecule has 1 aromatic carbocycles. The Hall–Kier alpha value is -1.06. The van der Waals surface area contributed by atoms with E-state index in [4.69, 9.17) is 11.6 Å². The number of anilines is 1. The molecule has 0 aromatic heterocycles. The van der Waals surface area contributed by atoms with Gasteiger partial charge >= 0.3 is 0 Å². The van der Waals surface area contributed by atoms with E-state index in [9.17, 15) is 4.79 Å². The van der Waals surface area contributed by atoms with E-state index in [1.165, 1.54) is 0 Å². The summed E-state index contributed by atoms with van der Waals surface area (Å²) in [6.45, 7) is 8.71. The minimum absolute atomic E-state index is 0.0408. The maximum absolute atomic E-state index is 11.8. The van der Waals surface area contributed by atoms with Gasteiger partial charge in [0, 0.05) is 16.8 Å². The molecule has 0 saturated heterocycles. The molecule has 1 rings (SSSR count). The molecule has 3 nitrogen and oxygen atoms in total. The lowest BCUT2D eigenvalue weighted by atomic mass is 10.1. The Morgan fingerprint density at radius 3 is 2.63 bits per heavy atom. The van der Waals surface area contributed by atoms with Gasteiger partial charge in [-0.05, 0) is 43.9 Å². The van der Waals surface area contributed by atoms with Crippen LogP contribution in [0.4, 0.5) is 5.69 Å². The third-order valence-corrected chi connectivity index (χ3v) is 3.14. The van der Waals surface area contributed by atoms with E-state index in [2.05, 4.69) is 31.4 Å². The Morgan fingerprint density at radius 1 is 1.32 bits per heavy atom. The third-order valence-electron chi connectivity index (χ3n) is 2.91. The zero-order chi connectivity index (χ0) is 14.4. The molecule has 19 heavy (non-hydrogen) atoms. The molecule has 0 heterocycles. The normalized spacial score (nSPS) is 12.5. The van der Waals surface area contributed by atoms with Gasteiger partial charge in [0.1, 0.15) is 0 Å². The van der Waals surface area contributed by atoms with Crippen LogP contribution in [0.1, 0.15) is 32.8 Å². The van der Waals surface area contributed by atoms with Gasteiger partial charge in [-0.1, -0.05) is 31.5 Å². The molecular formula is C15H23ClN2O. The highest BCUT2D eigenvalue weighted by molar-refractivity contribution is 6.31. The first-order valence-corrected chi connectivity index (χ1v) is 7.05. The van der Waals surface area contributed by atoms with Crippen LogP contribution in [-0.2, 0) is 4.79 Å². The number of hydrogen-bond acceptors (Lipinski definition) is 2. The van der Waals surface area contributed by atoms with Crippen LogP contribution in [0.5, 0.6) is 0 Å². The molecule has 0 radical (unpaired) electrons. The minimum atomic E-state index is -0.0408. The first-order valence-electron chi connectivity index (χ1n) is 6.68. The third kappa shape index (κ3) is 6.08. The standard InChI is InChI=1S/C15H23ClN2O/c1-10(2)7-12(4)17-9-15(19)18-14-8-13(16)6-5-11(14)3/h5-6,8,10,12,17H,7,9H2,1-4H3,(H,18,19). The number of carbonyl (C=O) groups excluding carboxylic acids is 1. The van der Waals surface area contributed by atoms with E-state index in [-0.39, 0.29) is 5.91 Å². The molecule has 1 atom stereocenters. The van der Waals surface area contributed by atoms with Crippen molar-refractivity contribution in [3.8, 4) is 0 Å². The van der Waals surface area contributed by atoms with Gasteiger partial charge in [-0.25, -0.2) is 0 Å². The Labute approximate surface area is 120 Å². The molecule has 0 aliphatic carbocycles. The molecule has 1 unspecified atom stereocenters. The van der Waals surface area contributed by atoms with Gasteiger partial charge in [0.05, 0.1) is 6.54 Å². The van der Waals surface area contributed by atoms with Gasteiger partial charge in [-0.15, -0.1) is 0 Å². The van der Waals surface area contributed by atoms with Crippen molar-refractivity contribution in [2.45, 2.75) is 40.2 Å². The average molecular weight is 283 g/mol. The van der Waals surface area contributed by atoms with Crippen molar-refractivity contribution in [1.82, 2.24) is 5.32 Å². The molecule has 0 saturated carbocycles. The lowest BCUT2D eigenvalue weighted by molar-refractivity contribution is -0.115. The van der Waals surface area contributed by atoms with Gasteiger partial charge < -0.3 is 10.6 Å². The van der Waals surface area contributed by atoms with Crippen molar-refractivity contribution >= 4 is 23.2 Å². The van der Waals surface area contributed by atoms with Crippen LogP contribution in [0.25, 0.3) is 0 Å². The highest BCUT2D eigenvalue weighted by atomic mass is 35.5. The minimum Gasteiger partial charge on any atom is -0.325 e. The number of carbonyl (C=O) groups is 1. The quantitative estimate of drug-likeness (QED) is 0.837. The average Bonchev–Trinajstić information content (AvgIpc) is 2.30. The van der Waals surface area contributed by atoms with Gasteiger partial charge in [0.2, 0.25) is 5.91 Å². The summed E-state index contributed by atoms with van der Waals surface area (Å²) >= 11 is 5.92. The second-order valence-electron chi connectivity index (χ2n) is 5.42. The number of halogens is 1. The van der Waals surface area contributed by atoms with Crippen molar-refractivity contribution in [1.29, 1.82) is 0 Å². The van der Waals surface area contributed by atoms with Crippen LogP contribution in [-0.4, -0.2) is 18.5 Å².